The van der Waals surface area contributed by atoms with Gasteiger partial charge in [0.25, 0.3) is 5.91 Å². The summed E-state index contributed by atoms with van der Waals surface area (Å²) in [6, 6.07) is 11.5. The molecule has 0 aliphatic carbocycles. The number of ether oxygens (including phenoxy) is 1. The summed E-state index contributed by atoms with van der Waals surface area (Å²) in [4.78, 5) is 17.2. The van der Waals surface area contributed by atoms with E-state index < -0.39 is 11.7 Å². The lowest BCUT2D eigenvalue weighted by atomic mass is 10.2. The van der Waals surface area contributed by atoms with Crippen molar-refractivity contribution in [3.8, 4) is 0 Å². The summed E-state index contributed by atoms with van der Waals surface area (Å²) in [6.45, 7) is 3.68. The van der Waals surface area contributed by atoms with Crippen molar-refractivity contribution in [2.24, 2.45) is 4.99 Å². The van der Waals surface area contributed by atoms with Crippen LogP contribution in [0.5, 0.6) is 0 Å². The Kier molecular flexibility index (Phi) is 5.78. The summed E-state index contributed by atoms with van der Waals surface area (Å²) >= 11 is 4.88. The molecule has 3 rings (SSSR count). The van der Waals surface area contributed by atoms with Crippen LogP contribution in [0.25, 0.3) is 10.2 Å². The highest BCUT2D eigenvalue weighted by Crippen LogP contribution is 2.22. The van der Waals surface area contributed by atoms with Crippen LogP contribution in [0.15, 0.2) is 51.9 Å². The van der Waals surface area contributed by atoms with Crippen LogP contribution in [0, 0.1) is 5.82 Å². The van der Waals surface area contributed by atoms with Gasteiger partial charge in [0.1, 0.15) is 5.82 Å². The summed E-state index contributed by atoms with van der Waals surface area (Å²) in [5, 5.41) is 0. The molecular weight excluding hydrogens is 407 g/mol. The highest BCUT2D eigenvalue weighted by atomic mass is 79.9. The summed E-state index contributed by atoms with van der Waals surface area (Å²) in [6.07, 6.45) is 0. The molecule has 1 heterocycles. The van der Waals surface area contributed by atoms with Gasteiger partial charge in [0, 0.05) is 23.2 Å². The zero-order valence-corrected chi connectivity index (χ0v) is 15.9. The van der Waals surface area contributed by atoms with Crippen LogP contribution < -0.4 is 4.80 Å². The molecule has 0 aliphatic rings. The molecule has 0 saturated heterocycles. The monoisotopic (exact) mass is 422 g/mol. The molecule has 0 aliphatic heterocycles. The number of hydrogen-bond acceptors (Lipinski definition) is 3. The van der Waals surface area contributed by atoms with Crippen molar-refractivity contribution in [1.29, 1.82) is 0 Å². The van der Waals surface area contributed by atoms with Crippen LogP contribution in [0.4, 0.5) is 4.39 Å². The first-order valence-corrected chi connectivity index (χ1v) is 9.40. The number of aromatic nitrogens is 1. The Morgan fingerprint density at radius 1 is 1.32 bits per heavy atom. The molecule has 3 aromatic rings. The van der Waals surface area contributed by atoms with Crippen molar-refractivity contribution in [2.45, 2.75) is 13.5 Å². The lowest BCUT2D eigenvalue weighted by Crippen LogP contribution is -2.19. The van der Waals surface area contributed by atoms with E-state index >= 15 is 0 Å². The number of carbonyl (C=O) groups excluding carboxylic acids is 1. The highest BCUT2D eigenvalue weighted by molar-refractivity contribution is 9.10. The largest absolute Gasteiger partial charge is 0.380 e. The van der Waals surface area contributed by atoms with E-state index in [1.165, 1.54) is 29.5 Å². The minimum absolute atomic E-state index is 0.231. The Labute approximate surface area is 156 Å². The minimum atomic E-state index is -0.463. The average Bonchev–Trinajstić information content (AvgIpc) is 2.91. The van der Waals surface area contributed by atoms with E-state index in [9.17, 15) is 9.18 Å². The van der Waals surface area contributed by atoms with Gasteiger partial charge in [0.15, 0.2) is 4.80 Å². The van der Waals surface area contributed by atoms with E-state index in [0.29, 0.717) is 24.6 Å². The summed E-state index contributed by atoms with van der Waals surface area (Å²) < 4.78 is 22.7. The lowest BCUT2D eigenvalue weighted by Gasteiger charge is -2.05. The standard InChI is InChI=1S/C18H16BrFN2O2S/c1-2-24-9-8-22-15-7-6-13(19)11-16(15)25-18(22)21-17(23)12-4-3-5-14(20)10-12/h3-7,10-11H,2,8-9H2,1H3. The number of nitrogens with zero attached hydrogens (tertiary/aromatic N) is 2. The molecule has 130 valence electrons. The second-order valence-electron chi connectivity index (χ2n) is 5.27. The Morgan fingerprint density at radius 3 is 2.92 bits per heavy atom. The van der Waals surface area contributed by atoms with Crippen LogP contribution >= 0.6 is 27.3 Å². The molecule has 0 spiro atoms. The molecule has 4 nitrogen and oxygen atoms in total. The maximum Gasteiger partial charge on any atom is 0.279 e. The Morgan fingerprint density at radius 2 is 2.16 bits per heavy atom. The third kappa shape index (κ3) is 4.23. The summed E-state index contributed by atoms with van der Waals surface area (Å²) in [5.74, 6) is -0.916. The Hall–Kier alpha value is -1.83. The van der Waals surface area contributed by atoms with Gasteiger partial charge in [-0.2, -0.15) is 4.99 Å². The van der Waals surface area contributed by atoms with Gasteiger partial charge in [-0.1, -0.05) is 33.3 Å². The molecule has 0 unspecified atom stereocenters. The van der Waals surface area contributed by atoms with Crippen molar-refractivity contribution < 1.29 is 13.9 Å². The van der Waals surface area contributed by atoms with Gasteiger partial charge in [-0.3, -0.25) is 4.79 Å². The number of carbonyl (C=O) groups is 1. The molecule has 0 radical (unpaired) electrons. The summed E-state index contributed by atoms with van der Waals surface area (Å²) in [5.41, 5.74) is 1.22. The van der Waals surface area contributed by atoms with E-state index in [-0.39, 0.29) is 5.56 Å². The van der Waals surface area contributed by atoms with Crippen LogP contribution in [-0.4, -0.2) is 23.7 Å². The third-order valence-corrected chi connectivity index (χ3v) is 5.11. The molecular formula is C18H16BrFN2O2S. The van der Waals surface area contributed by atoms with E-state index in [1.54, 1.807) is 6.07 Å². The molecule has 0 bridgehead atoms. The highest BCUT2D eigenvalue weighted by Gasteiger charge is 2.10. The fourth-order valence-corrected chi connectivity index (χ4v) is 4.03. The molecule has 0 N–H and O–H groups in total. The average molecular weight is 423 g/mol. The molecule has 1 aromatic heterocycles. The van der Waals surface area contributed by atoms with Crippen LogP contribution in [0.2, 0.25) is 0 Å². The molecule has 2 aromatic carbocycles. The van der Waals surface area contributed by atoms with Crippen LogP contribution in [0.3, 0.4) is 0 Å². The molecule has 0 fully saturated rings. The Bertz CT molecular complexity index is 981. The Balaban J connectivity index is 2.06. The predicted molar refractivity (Wildman–Crippen MR) is 100 cm³/mol. The number of benzene rings is 2. The number of amides is 1. The van der Waals surface area contributed by atoms with Crippen LogP contribution in [-0.2, 0) is 11.3 Å². The van der Waals surface area contributed by atoms with E-state index in [0.717, 1.165) is 14.7 Å². The molecule has 1 amide bonds. The fourth-order valence-electron chi connectivity index (χ4n) is 2.42. The first-order valence-electron chi connectivity index (χ1n) is 7.79. The quantitative estimate of drug-likeness (QED) is 0.572. The number of hydrogen-bond donors (Lipinski definition) is 0. The molecule has 0 atom stereocenters. The van der Waals surface area contributed by atoms with Gasteiger partial charge in [0.2, 0.25) is 0 Å². The predicted octanol–water partition coefficient (Wildman–Crippen LogP) is 4.38. The smallest absolute Gasteiger partial charge is 0.279 e. The third-order valence-electron chi connectivity index (χ3n) is 3.58. The van der Waals surface area contributed by atoms with Gasteiger partial charge < -0.3 is 9.30 Å². The van der Waals surface area contributed by atoms with E-state index in [4.69, 9.17) is 4.74 Å². The van der Waals surface area contributed by atoms with Crippen molar-refractivity contribution in [1.82, 2.24) is 4.57 Å². The van der Waals surface area contributed by atoms with Crippen LogP contribution in [0.1, 0.15) is 17.3 Å². The van der Waals surface area contributed by atoms with Crippen molar-refractivity contribution >= 4 is 43.4 Å². The zero-order valence-electron chi connectivity index (χ0n) is 13.5. The van der Waals surface area contributed by atoms with Gasteiger partial charge in [-0.15, -0.1) is 0 Å². The van der Waals surface area contributed by atoms with E-state index in [2.05, 4.69) is 20.9 Å². The number of thiazole rings is 1. The maximum atomic E-state index is 13.3. The van der Waals surface area contributed by atoms with E-state index in [1.807, 2.05) is 29.7 Å². The van der Waals surface area contributed by atoms with Gasteiger partial charge in [0.05, 0.1) is 16.8 Å². The first-order chi connectivity index (χ1) is 12.1. The van der Waals surface area contributed by atoms with Crippen molar-refractivity contribution in [3.05, 3.63) is 63.1 Å². The SMILES string of the molecule is CCOCCn1c(=NC(=O)c2cccc(F)c2)sc2cc(Br)ccc21. The fraction of sp³-hybridized carbons (Fsp3) is 0.222. The van der Waals surface area contributed by atoms with Crippen molar-refractivity contribution in [2.75, 3.05) is 13.2 Å². The normalized spacial score (nSPS) is 12.0. The second kappa shape index (κ2) is 8.03. The first kappa shape index (κ1) is 18.0. The van der Waals surface area contributed by atoms with Gasteiger partial charge in [-0.05, 0) is 43.3 Å². The van der Waals surface area contributed by atoms with Gasteiger partial charge >= 0.3 is 0 Å². The van der Waals surface area contributed by atoms with Gasteiger partial charge in [-0.25, -0.2) is 4.39 Å². The zero-order chi connectivity index (χ0) is 17.8. The second-order valence-corrected chi connectivity index (χ2v) is 7.20. The molecule has 7 heteroatoms. The molecule has 0 saturated carbocycles. The summed E-state index contributed by atoms with van der Waals surface area (Å²) in [7, 11) is 0. The maximum absolute atomic E-state index is 13.3. The lowest BCUT2D eigenvalue weighted by molar-refractivity contribution is 0.0996. The molecule has 25 heavy (non-hydrogen) atoms. The number of halogens is 2. The number of rotatable bonds is 5. The minimum Gasteiger partial charge on any atom is -0.380 e. The number of fused-ring (bicyclic) bond motifs is 1. The topological polar surface area (TPSA) is 43.6 Å². The van der Waals surface area contributed by atoms with Crippen molar-refractivity contribution in [3.63, 3.8) is 0 Å².